The number of halogens is 3. The largest absolute Gasteiger partial charge is 0.350 e. The first-order valence-electron chi connectivity index (χ1n) is 4.82. The molecule has 0 fully saturated rings. The summed E-state index contributed by atoms with van der Waals surface area (Å²) >= 11 is 0. The van der Waals surface area contributed by atoms with Crippen LogP contribution in [0, 0.1) is 11.6 Å². The van der Waals surface area contributed by atoms with Crippen LogP contribution in [-0.4, -0.2) is 18.0 Å². The Bertz CT molecular complexity index is 385. The van der Waals surface area contributed by atoms with Gasteiger partial charge in [0.2, 0.25) is 0 Å². The van der Waals surface area contributed by atoms with E-state index in [-0.39, 0.29) is 19.0 Å². The number of hydrogen-bond donors (Lipinski definition) is 2. The number of nitrogens with two attached hydrogens (primary N) is 1. The standard InChI is InChI=1S/C11H14F2N2O.ClH/c1-11(2,14)6-15-10(16)9-7(12)4-3-5-8(9)13;/h3-5H,6,14H2,1-2H3,(H,15,16);1H. The zero-order valence-corrected chi connectivity index (χ0v) is 10.4. The van der Waals surface area contributed by atoms with Gasteiger partial charge in [-0.2, -0.15) is 0 Å². The van der Waals surface area contributed by atoms with Crippen molar-refractivity contribution in [3.8, 4) is 0 Å². The van der Waals surface area contributed by atoms with Crippen molar-refractivity contribution in [1.82, 2.24) is 5.32 Å². The Kier molecular flexibility index (Phi) is 5.51. The van der Waals surface area contributed by atoms with Gasteiger partial charge in [0.15, 0.2) is 0 Å². The molecule has 1 aromatic rings. The second-order valence-electron chi connectivity index (χ2n) is 4.27. The Morgan fingerprint density at radius 1 is 1.35 bits per heavy atom. The molecule has 0 aliphatic carbocycles. The summed E-state index contributed by atoms with van der Waals surface area (Å²) in [5.74, 6) is -2.56. The van der Waals surface area contributed by atoms with E-state index in [9.17, 15) is 13.6 Å². The zero-order valence-electron chi connectivity index (χ0n) is 9.59. The van der Waals surface area contributed by atoms with Crippen LogP contribution >= 0.6 is 12.4 Å². The van der Waals surface area contributed by atoms with Crippen LogP contribution in [0.2, 0.25) is 0 Å². The van der Waals surface area contributed by atoms with Gasteiger partial charge in [0.1, 0.15) is 17.2 Å². The minimum atomic E-state index is -0.882. The molecule has 0 heterocycles. The predicted molar refractivity (Wildman–Crippen MR) is 64.2 cm³/mol. The molecule has 0 atom stereocenters. The highest BCUT2D eigenvalue weighted by Gasteiger charge is 2.19. The van der Waals surface area contributed by atoms with Gasteiger partial charge in [-0.05, 0) is 26.0 Å². The van der Waals surface area contributed by atoms with E-state index in [0.29, 0.717) is 0 Å². The highest BCUT2D eigenvalue weighted by Crippen LogP contribution is 2.11. The lowest BCUT2D eigenvalue weighted by molar-refractivity contribution is 0.0937. The van der Waals surface area contributed by atoms with Crippen molar-refractivity contribution < 1.29 is 13.6 Å². The molecule has 1 rings (SSSR count). The molecule has 96 valence electrons. The van der Waals surface area contributed by atoms with Gasteiger partial charge in [-0.15, -0.1) is 12.4 Å². The number of benzene rings is 1. The third-order valence-corrected chi connectivity index (χ3v) is 1.89. The van der Waals surface area contributed by atoms with Gasteiger partial charge < -0.3 is 11.1 Å². The molecule has 0 saturated heterocycles. The molecule has 0 aliphatic heterocycles. The van der Waals surface area contributed by atoms with E-state index < -0.39 is 28.6 Å². The average Bonchev–Trinajstić information content (AvgIpc) is 2.13. The Hall–Kier alpha value is -1.20. The Morgan fingerprint density at radius 3 is 2.24 bits per heavy atom. The van der Waals surface area contributed by atoms with Crippen LogP contribution in [0.3, 0.4) is 0 Å². The number of nitrogens with one attached hydrogen (secondary N) is 1. The highest BCUT2D eigenvalue weighted by molar-refractivity contribution is 5.94. The molecular formula is C11H15ClF2N2O. The third kappa shape index (κ3) is 4.66. The molecule has 0 saturated carbocycles. The summed E-state index contributed by atoms with van der Waals surface area (Å²) in [5.41, 5.74) is 4.43. The second kappa shape index (κ2) is 5.93. The van der Waals surface area contributed by atoms with Crippen molar-refractivity contribution in [1.29, 1.82) is 0 Å². The van der Waals surface area contributed by atoms with Crippen molar-refractivity contribution in [3.05, 3.63) is 35.4 Å². The SMILES string of the molecule is CC(C)(N)CNC(=O)c1c(F)cccc1F.Cl. The first-order chi connectivity index (χ1) is 7.31. The molecule has 6 heteroatoms. The van der Waals surface area contributed by atoms with Crippen LogP contribution < -0.4 is 11.1 Å². The van der Waals surface area contributed by atoms with Gasteiger partial charge in [0.25, 0.3) is 5.91 Å². The fourth-order valence-electron chi connectivity index (χ4n) is 1.11. The summed E-state index contributed by atoms with van der Waals surface area (Å²) in [4.78, 5) is 11.5. The maximum atomic E-state index is 13.2. The minimum Gasteiger partial charge on any atom is -0.350 e. The van der Waals surface area contributed by atoms with Crippen molar-refractivity contribution in [2.24, 2.45) is 5.73 Å². The Balaban J connectivity index is 0.00000256. The molecule has 0 aliphatic rings. The van der Waals surface area contributed by atoms with Crippen LogP contribution in [0.15, 0.2) is 18.2 Å². The Labute approximate surface area is 105 Å². The van der Waals surface area contributed by atoms with Crippen LogP contribution in [-0.2, 0) is 0 Å². The molecule has 0 aromatic heterocycles. The van der Waals surface area contributed by atoms with Gasteiger partial charge in [0, 0.05) is 12.1 Å². The number of amides is 1. The van der Waals surface area contributed by atoms with E-state index in [2.05, 4.69) is 5.32 Å². The zero-order chi connectivity index (χ0) is 12.3. The van der Waals surface area contributed by atoms with E-state index in [1.54, 1.807) is 13.8 Å². The lowest BCUT2D eigenvalue weighted by atomic mass is 10.1. The summed E-state index contributed by atoms with van der Waals surface area (Å²) in [6.45, 7) is 3.54. The number of hydrogen-bond acceptors (Lipinski definition) is 2. The molecule has 1 aromatic carbocycles. The normalized spacial score (nSPS) is 10.6. The third-order valence-electron chi connectivity index (χ3n) is 1.89. The van der Waals surface area contributed by atoms with Crippen LogP contribution in [0.1, 0.15) is 24.2 Å². The summed E-state index contributed by atoms with van der Waals surface area (Å²) in [6.07, 6.45) is 0. The lowest BCUT2D eigenvalue weighted by Crippen LogP contribution is -2.45. The van der Waals surface area contributed by atoms with Gasteiger partial charge in [0.05, 0.1) is 0 Å². The number of rotatable bonds is 3. The summed E-state index contributed by atoms with van der Waals surface area (Å²) in [7, 11) is 0. The molecule has 1 amide bonds. The first-order valence-corrected chi connectivity index (χ1v) is 4.82. The van der Waals surface area contributed by atoms with Gasteiger partial charge in [-0.1, -0.05) is 6.07 Å². The second-order valence-corrected chi connectivity index (χ2v) is 4.27. The smallest absolute Gasteiger partial charge is 0.257 e. The number of carbonyl (C=O) groups excluding carboxylic acids is 1. The van der Waals surface area contributed by atoms with E-state index >= 15 is 0 Å². The predicted octanol–water partition coefficient (Wildman–Crippen LogP) is 1.85. The summed E-state index contributed by atoms with van der Waals surface area (Å²) in [6, 6.07) is 3.27. The van der Waals surface area contributed by atoms with Crippen LogP contribution in [0.25, 0.3) is 0 Å². The lowest BCUT2D eigenvalue weighted by Gasteiger charge is -2.19. The van der Waals surface area contributed by atoms with Crippen molar-refractivity contribution in [3.63, 3.8) is 0 Å². The maximum absolute atomic E-state index is 13.2. The van der Waals surface area contributed by atoms with Crippen molar-refractivity contribution >= 4 is 18.3 Å². The van der Waals surface area contributed by atoms with Gasteiger partial charge in [-0.25, -0.2) is 8.78 Å². The molecule has 3 nitrogen and oxygen atoms in total. The van der Waals surface area contributed by atoms with Crippen LogP contribution in [0.4, 0.5) is 8.78 Å². The van der Waals surface area contributed by atoms with Gasteiger partial charge >= 0.3 is 0 Å². The fourth-order valence-corrected chi connectivity index (χ4v) is 1.11. The van der Waals surface area contributed by atoms with E-state index in [1.165, 1.54) is 6.07 Å². The van der Waals surface area contributed by atoms with E-state index in [1.807, 2.05) is 0 Å². The summed E-state index contributed by atoms with van der Waals surface area (Å²) < 4.78 is 26.4. The quantitative estimate of drug-likeness (QED) is 0.875. The molecular weight excluding hydrogens is 250 g/mol. The molecule has 0 bridgehead atoms. The fraction of sp³-hybridized carbons (Fsp3) is 0.364. The summed E-state index contributed by atoms with van der Waals surface area (Å²) in [5, 5.41) is 2.38. The van der Waals surface area contributed by atoms with E-state index in [4.69, 9.17) is 5.73 Å². The van der Waals surface area contributed by atoms with E-state index in [0.717, 1.165) is 12.1 Å². The highest BCUT2D eigenvalue weighted by atomic mass is 35.5. The molecule has 0 spiro atoms. The molecule has 0 radical (unpaired) electrons. The average molecular weight is 265 g/mol. The monoisotopic (exact) mass is 264 g/mol. The topological polar surface area (TPSA) is 55.1 Å². The maximum Gasteiger partial charge on any atom is 0.257 e. The molecule has 17 heavy (non-hydrogen) atoms. The van der Waals surface area contributed by atoms with Crippen molar-refractivity contribution in [2.75, 3.05) is 6.54 Å². The van der Waals surface area contributed by atoms with Crippen molar-refractivity contribution in [2.45, 2.75) is 19.4 Å². The molecule has 0 unspecified atom stereocenters. The van der Waals surface area contributed by atoms with Crippen LogP contribution in [0.5, 0.6) is 0 Å². The molecule has 3 N–H and O–H groups in total. The first kappa shape index (κ1) is 15.8. The number of carbonyl (C=O) groups is 1. The Morgan fingerprint density at radius 2 is 1.82 bits per heavy atom. The minimum absolute atomic E-state index is 0. The van der Waals surface area contributed by atoms with Gasteiger partial charge in [-0.3, -0.25) is 4.79 Å².